The number of hydrogen-bond donors (Lipinski definition) is 2. The van der Waals surface area contributed by atoms with Crippen molar-refractivity contribution in [2.75, 3.05) is 6.54 Å². The van der Waals surface area contributed by atoms with Gasteiger partial charge in [-0.3, -0.25) is 0 Å². The average molecular weight is 504 g/mol. The summed E-state index contributed by atoms with van der Waals surface area (Å²) >= 11 is 0. The maximum absolute atomic E-state index is 13.0. The number of aliphatic hydroxyl groups is 2. The highest BCUT2D eigenvalue weighted by atomic mass is 19.4. The molecule has 35 heavy (non-hydrogen) atoms. The van der Waals surface area contributed by atoms with E-state index in [1.54, 1.807) is 0 Å². The molecule has 2 unspecified atom stereocenters. The van der Waals surface area contributed by atoms with E-state index >= 15 is 0 Å². The van der Waals surface area contributed by atoms with Gasteiger partial charge >= 0.3 is 18.0 Å². The van der Waals surface area contributed by atoms with Gasteiger partial charge in [0.05, 0.1) is 11.6 Å². The molecule has 2 aliphatic heterocycles. The van der Waals surface area contributed by atoms with E-state index in [2.05, 4.69) is 36.0 Å². The Labute approximate surface area is 201 Å². The zero-order valence-corrected chi connectivity index (χ0v) is 19.7. The predicted octanol–water partition coefficient (Wildman–Crippen LogP) is 5.95. The van der Waals surface area contributed by atoms with E-state index in [1.165, 1.54) is 5.57 Å². The van der Waals surface area contributed by atoms with Crippen molar-refractivity contribution < 1.29 is 36.6 Å². The number of aliphatic hydroxyl groups excluding tert-OH is 1. The highest BCUT2D eigenvalue weighted by molar-refractivity contribution is 5.42. The molecule has 3 fully saturated rings. The van der Waals surface area contributed by atoms with Crippen molar-refractivity contribution in [1.29, 1.82) is 0 Å². The van der Waals surface area contributed by atoms with Gasteiger partial charge in [0.1, 0.15) is 0 Å². The van der Waals surface area contributed by atoms with Gasteiger partial charge in [0, 0.05) is 24.1 Å². The van der Waals surface area contributed by atoms with Gasteiger partial charge < -0.3 is 15.1 Å². The smallest absolute Gasteiger partial charge is 0.393 e. The SMILES string of the molecule is CC12CCC/C(=C\C=C3\CCCC(O)C3)N1CC=C2C1(CC#CC(O)(C(F)(F)F)C(F)(F)F)CC1. The Hall–Kier alpha value is -1.92. The van der Waals surface area contributed by atoms with E-state index in [-0.39, 0.29) is 18.1 Å². The minimum absolute atomic E-state index is 0.155. The van der Waals surface area contributed by atoms with Crippen LogP contribution in [0, 0.1) is 17.3 Å². The molecule has 2 N–H and O–H groups in total. The Morgan fingerprint density at radius 1 is 1.06 bits per heavy atom. The van der Waals surface area contributed by atoms with Crippen LogP contribution in [-0.4, -0.2) is 51.3 Å². The Kier molecular flexibility index (Phi) is 6.63. The monoisotopic (exact) mass is 503 g/mol. The molecule has 0 aromatic carbocycles. The molecule has 2 atom stereocenters. The first-order valence-corrected chi connectivity index (χ1v) is 12.1. The first-order valence-electron chi connectivity index (χ1n) is 12.1. The summed E-state index contributed by atoms with van der Waals surface area (Å²) in [7, 11) is 0. The first-order chi connectivity index (χ1) is 16.2. The fourth-order valence-electron chi connectivity index (χ4n) is 5.94. The van der Waals surface area contributed by atoms with Crippen molar-refractivity contribution in [2.24, 2.45) is 5.41 Å². The quantitative estimate of drug-likeness (QED) is 0.284. The summed E-state index contributed by atoms with van der Waals surface area (Å²) < 4.78 is 77.9. The Bertz CT molecular complexity index is 978. The molecule has 0 spiro atoms. The number of rotatable bonds is 3. The molecule has 0 bridgehead atoms. The summed E-state index contributed by atoms with van der Waals surface area (Å²) in [6, 6.07) is 0. The largest absolute Gasteiger partial charge is 0.438 e. The second kappa shape index (κ2) is 8.88. The molecule has 2 heterocycles. The van der Waals surface area contributed by atoms with Gasteiger partial charge in [0.15, 0.2) is 0 Å². The molecular weight excluding hydrogens is 472 g/mol. The van der Waals surface area contributed by atoms with Crippen molar-refractivity contribution in [1.82, 2.24) is 4.90 Å². The number of allylic oxidation sites excluding steroid dienone is 3. The second-order valence-corrected chi connectivity index (χ2v) is 10.6. The number of fused-ring (bicyclic) bond motifs is 1. The molecule has 2 aliphatic carbocycles. The third-order valence-electron chi connectivity index (χ3n) is 8.08. The number of hydrogen-bond acceptors (Lipinski definition) is 3. The Morgan fingerprint density at radius 2 is 1.74 bits per heavy atom. The summed E-state index contributed by atoms with van der Waals surface area (Å²) in [5.41, 5.74) is -2.54. The molecule has 0 aromatic rings. The van der Waals surface area contributed by atoms with Crippen LogP contribution in [0.25, 0.3) is 0 Å². The molecule has 194 valence electrons. The van der Waals surface area contributed by atoms with Crippen LogP contribution >= 0.6 is 0 Å². The highest BCUT2D eigenvalue weighted by Crippen LogP contribution is 2.62. The van der Waals surface area contributed by atoms with Crippen LogP contribution in [0.4, 0.5) is 26.3 Å². The van der Waals surface area contributed by atoms with E-state index in [0.29, 0.717) is 25.8 Å². The van der Waals surface area contributed by atoms with E-state index in [0.717, 1.165) is 55.7 Å². The zero-order chi connectivity index (χ0) is 25.7. The van der Waals surface area contributed by atoms with E-state index in [9.17, 15) is 36.6 Å². The summed E-state index contributed by atoms with van der Waals surface area (Å²) in [6.45, 7) is 2.72. The molecule has 0 radical (unpaired) electrons. The summed E-state index contributed by atoms with van der Waals surface area (Å²) in [5.74, 6) is 3.19. The van der Waals surface area contributed by atoms with E-state index in [1.807, 2.05) is 0 Å². The van der Waals surface area contributed by atoms with Gasteiger partial charge in [-0.1, -0.05) is 23.6 Å². The minimum Gasteiger partial charge on any atom is -0.393 e. The molecule has 4 aliphatic rings. The lowest BCUT2D eigenvalue weighted by Gasteiger charge is -2.46. The van der Waals surface area contributed by atoms with Gasteiger partial charge in [0.25, 0.3) is 0 Å². The van der Waals surface area contributed by atoms with Crippen molar-refractivity contribution in [3.05, 3.63) is 35.1 Å². The van der Waals surface area contributed by atoms with Gasteiger partial charge in [-0.25, -0.2) is 0 Å². The maximum atomic E-state index is 13.0. The van der Waals surface area contributed by atoms with Crippen LogP contribution in [0.5, 0.6) is 0 Å². The third kappa shape index (κ3) is 4.76. The number of alkyl halides is 6. The van der Waals surface area contributed by atoms with Gasteiger partial charge in [-0.15, -0.1) is 0 Å². The molecule has 1 saturated heterocycles. The normalized spacial score (nSPS) is 31.2. The maximum Gasteiger partial charge on any atom is 0.438 e. The number of nitrogens with zero attached hydrogens (tertiary/aromatic N) is 1. The number of piperidine rings is 1. The molecule has 4 rings (SSSR count). The summed E-state index contributed by atoms with van der Waals surface area (Å²) in [6.07, 6.45) is 1.31. The van der Waals surface area contributed by atoms with Crippen molar-refractivity contribution in [3.63, 3.8) is 0 Å². The zero-order valence-electron chi connectivity index (χ0n) is 19.7. The van der Waals surface area contributed by atoms with Crippen molar-refractivity contribution in [2.45, 2.75) is 101 Å². The van der Waals surface area contributed by atoms with Crippen LogP contribution in [0.15, 0.2) is 35.1 Å². The number of halogens is 6. The van der Waals surface area contributed by atoms with E-state index < -0.39 is 23.4 Å². The molecule has 2 saturated carbocycles. The molecule has 9 heteroatoms. The fourth-order valence-corrected chi connectivity index (χ4v) is 5.94. The lowest BCUT2D eigenvalue weighted by atomic mass is 9.75. The van der Waals surface area contributed by atoms with Crippen molar-refractivity contribution in [3.8, 4) is 11.8 Å². The van der Waals surface area contributed by atoms with Crippen LogP contribution in [0.3, 0.4) is 0 Å². The van der Waals surface area contributed by atoms with Gasteiger partial charge in [-0.05, 0) is 82.3 Å². The van der Waals surface area contributed by atoms with Crippen molar-refractivity contribution >= 4 is 0 Å². The highest BCUT2D eigenvalue weighted by Gasteiger charge is 2.70. The van der Waals surface area contributed by atoms with Gasteiger partial charge in [0.2, 0.25) is 0 Å². The first kappa shape index (κ1) is 26.2. The van der Waals surface area contributed by atoms with Crippen LogP contribution < -0.4 is 0 Å². The Balaban J connectivity index is 1.53. The van der Waals surface area contributed by atoms with Crippen LogP contribution in [-0.2, 0) is 0 Å². The summed E-state index contributed by atoms with van der Waals surface area (Å²) in [4.78, 5) is 2.29. The fraction of sp³-hybridized carbons (Fsp3) is 0.692. The summed E-state index contributed by atoms with van der Waals surface area (Å²) in [5, 5.41) is 19.3. The van der Waals surface area contributed by atoms with Crippen LogP contribution in [0.1, 0.15) is 71.1 Å². The molecule has 0 aromatic heterocycles. The third-order valence-corrected chi connectivity index (χ3v) is 8.08. The lowest BCUT2D eigenvalue weighted by Crippen LogP contribution is -2.55. The van der Waals surface area contributed by atoms with Gasteiger partial charge in [-0.2, -0.15) is 26.3 Å². The average Bonchev–Trinajstić information content (AvgIpc) is 3.43. The second-order valence-electron chi connectivity index (χ2n) is 10.6. The van der Waals surface area contributed by atoms with E-state index in [4.69, 9.17) is 0 Å². The molecule has 0 amide bonds. The lowest BCUT2D eigenvalue weighted by molar-refractivity contribution is -0.343. The van der Waals surface area contributed by atoms with Crippen LogP contribution in [0.2, 0.25) is 0 Å². The minimum atomic E-state index is -5.93. The Morgan fingerprint density at radius 3 is 2.34 bits per heavy atom. The molecular formula is C26H31F6NO2. The predicted molar refractivity (Wildman–Crippen MR) is 119 cm³/mol. The molecule has 3 nitrogen and oxygen atoms in total. The standard InChI is InChI=1S/C26H31F6NO2/c1-22-11-3-6-19(9-8-18-5-2-7-20(34)17-18)33(22)16-10-21(22)23(14-15-23)12-4-13-24(35,25(27,28)29)26(30,31)32/h8-10,20,34-35H,2-3,5-7,11-12,14-17H2,1H3/b18-8-,19-9+. The topological polar surface area (TPSA) is 43.7 Å².